The Kier molecular flexibility index (Phi) is 13.8. The van der Waals surface area contributed by atoms with Gasteiger partial charge >= 0.3 is 0 Å². The Morgan fingerprint density at radius 1 is 1.02 bits per heavy atom. The summed E-state index contributed by atoms with van der Waals surface area (Å²) in [5.41, 5.74) is 3.42. The fourth-order valence-corrected chi connectivity index (χ4v) is 5.00. The largest absolute Gasteiger partial charge is 0.486 e. The van der Waals surface area contributed by atoms with Crippen LogP contribution in [0.2, 0.25) is 0 Å². The predicted octanol–water partition coefficient (Wildman–Crippen LogP) is 5.11. The molecule has 1 amide bonds. The molecule has 3 fully saturated rings. The van der Waals surface area contributed by atoms with E-state index in [2.05, 4.69) is 43.7 Å². The molecule has 0 radical (unpaired) electrons. The Balaban J connectivity index is 0.000000267. The minimum absolute atomic E-state index is 0.0417. The van der Waals surface area contributed by atoms with Crippen LogP contribution in [0.5, 0.6) is 5.75 Å². The molecule has 0 unspecified atom stereocenters. The fourth-order valence-electron chi connectivity index (χ4n) is 5.00. The zero-order valence-electron chi connectivity index (χ0n) is 26.6. The molecule has 234 valence electrons. The molecular weight excluding hydrogens is 532 g/mol. The zero-order valence-corrected chi connectivity index (χ0v) is 26.6. The molecule has 10 heteroatoms. The lowest BCUT2D eigenvalue weighted by Gasteiger charge is -2.29. The molecule has 4 aliphatic heterocycles. The molecule has 6 rings (SSSR count). The standard InChI is InChI=1S/C20H25N5O2.C5H9NO.C5H12O.C2H6/c1-2-18-17(11-15(1)14-3-5-21-6-4-14)24-19-16(12-27-18)20(23-13-22-19)25-7-9-26-10-8-25;7-5-6-3-1-2-4-6;1-5(2,3)6-4;1-2/h1-2,11,13-14,21H,3-10,12H2,(H,22,23,24);5H,1-4H2;1-4H3;1-2H3. The summed E-state index contributed by atoms with van der Waals surface area (Å²) in [7, 11) is 1.71. The number of nitrogens with one attached hydrogen (secondary N) is 2. The Morgan fingerprint density at radius 2 is 1.69 bits per heavy atom. The first-order chi connectivity index (χ1) is 20.4. The van der Waals surface area contributed by atoms with Crippen molar-refractivity contribution >= 4 is 23.7 Å². The molecule has 0 atom stereocenters. The van der Waals surface area contributed by atoms with Gasteiger partial charge in [-0.05, 0) is 83.2 Å². The lowest BCUT2D eigenvalue weighted by Crippen LogP contribution is -2.37. The van der Waals surface area contributed by atoms with E-state index >= 15 is 0 Å². The molecule has 2 aromatic rings. The van der Waals surface area contributed by atoms with Crippen molar-refractivity contribution in [3.63, 3.8) is 0 Å². The van der Waals surface area contributed by atoms with Gasteiger partial charge in [0.1, 0.15) is 30.3 Å². The van der Waals surface area contributed by atoms with E-state index in [-0.39, 0.29) is 5.60 Å². The van der Waals surface area contributed by atoms with Crippen LogP contribution in [0.1, 0.15) is 77.3 Å². The smallest absolute Gasteiger partial charge is 0.209 e. The average Bonchev–Trinajstić information content (AvgIpc) is 3.50. The molecule has 0 bridgehead atoms. The van der Waals surface area contributed by atoms with Gasteiger partial charge in [0.25, 0.3) is 0 Å². The summed E-state index contributed by atoms with van der Waals surface area (Å²) in [6.45, 7) is 17.8. The van der Waals surface area contributed by atoms with Crippen molar-refractivity contribution in [2.24, 2.45) is 0 Å². The van der Waals surface area contributed by atoms with E-state index in [1.165, 1.54) is 31.2 Å². The first kappa shape index (κ1) is 33.6. The van der Waals surface area contributed by atoms with Crippen LogP contribution in [-0.4, -0.2) is 86.5 Å². The third-order valence-electron chi connectivity index (χ3n) is 7.57. The highest BCUT2D eigenvalue weighted by atomic mass is 16.5. The van der Waals surface area contributed by atoms with Crippen molar-refractivity contribution in [2.45, 2.75) is 78.4 Å². The maximum atomic E-state index is 9.93. The van der Waals surface area contributed by atoms with Gasteiger partial charge < -0.3 is 34.6 Å². The monoisotopic (exact) mass is 584 g/mol. The van der Waals surface area contributed by atoms with Gasteiger partial charge in [0, 0.05) is 33.3 Å². The number of nitrogens with zero attached hydrogens (tertiary/aromatic N) is 4. The zero-order chi connectivity index (χ0) is 30.4. The van der Waals surface area contributed by atoms with E-state index in [0.29, 0.717) is 12.5 Å². The molecule has 4 aliphatic rings. The number of carbonyl (C=O) groups excluding carboxylic acids is 1. The van der Waals surface area contributed by atoms with Crippen LogP contribution in [0.25, 0.3) is 0 Å². The summed E-state index contributed by atoms with van der Waals surface area (Å²) in [6, 6.07) is 6.53. The SMILES string of the molecule is CC.COC(C)(C)C.O=CN1CCCC1.c1nc2c(c(N3CCOCC3)n1)COc1ccc(C3CCNCC3)cc1N2. The van der Waals surface area contributed by atoms with Gasteiger partial charge in [0.05, 0.1) is 30.1 Å². The van der Waals surface area contributed by atoms with Gasteiger partial charge in [-0.1, -0.05) is 19.9 Å². The Hall–Kier alpha value is -2.95. The van der Waals surface area contributed by atoms with Crippen molar-refractivity contribution in [2.75, 3.05) is 69.8 Å². The van der Waals surface area contributed by atoms with Crippen LogP contribution in [-0.2, 0) is 20.9 Å². The van der Waals surface area contributed by atoms with E-state index < -0.39 is 0 Å². The second-order valence-electron chi connectivity index (χ2n) is 11.5. The van der Waals surface area contributed by atoms with Gasteiger partial charge in [0.15, 0.2) is 0 Å². The molecule has 42 heavy (non-hydrogen) atoms. The highest BCUT2D eigenvalue weighted by molar-refractivity contribution is 5.71. The van der Waals surface area contributed by atoms with Crippen molar-refractivity contribution in [3.05, 3.63) is 35.7 Å². The number of hydrogen-bond acceptors (Lipinski definition) is 9. The fraction of sp³-hybridized carbons (Fsp3) is 0.656. The molecule has 5 heterocycles. The molecule has 10 nitrogen and oxygen atoms in total. The maximum absolute atomic E-state index is 9.93. The third-order valence-corrected chi connectivity index (χ3v) is 7.57. The van der Waals surface area contributed by atoms with E-state index in [4.69, 9.17) is 14.2 Å². The van der Waals surface area contributed by atoms with Crippen molar-refractivity contribution < 1.29 is 19.0 Å². The quantitative estimate of drug-likeness (QED) is 0.477. The summed E-state index contributed by atoms with van der Waals surface area (Å²) < 4.78 is 16.5. The summed E-state index contributed by atoms with van der Waals surface area (Å²) in [5.74, 6) is 3.27. The Bertz CT molecular complexity index is 1080. The number of likely N-dealkylation sites (tertiary alicyclic amines) is 1. The number of carbonyl (C=O) groups is 1. The number of fused-ring (bicyclic) bond motifs is 2. The lowest BCUT2D eigenvalue weighted by atomic mass is 9.90. The minimum atomic E-state index is 0.0417. The minimum Gasteiger partial charge on any atom is -0.486 e. The van der Waals surface area contributed by atoms with Crippen LogP contribution < -0.4 is 20.3 Å². The number of morpholine rings is 1. The molecule has 0 spiro atoms. The number of piperidine rings is 1. The van der Waals surface area contributed by atoms with Crippen LogP contribution >= 0.6 is 0 Å². The van der Waals surface area contributed by atoms with Crippen molar-refractivity contribution in [3.8, 4) is 5.75 Å². The molecule has 1 aromatic carbocycles. The first-order valence-corrected chi connectivity index (χ1v) is 15.5. The summed E-state index contributed by atoms with van der Waals surface area (Å²) in [4.78, 5) is 23.0. The molecule has 3 saturated heterocycles. The topological polar surface area (TPSA) is 101 Å². The van der Waals surface area contributed by atoms with Crippen molar-refractivity contribution in [1.82, 2.24) is 20.2 Å². The van der Waals surface area contributed by atoms with Gasteiger partial charge in [0.2, 0.25) is 6.41 Å². The number of aromatic nitrogens is 2. The summed E-state index contributed by atoms with van der Waals surface area (Å²) in [6.07, 6.45) is 7.31. The third kappa shape index (κ3) is 10.1. The molecule has 1 aromatic heterocycles. The van der Waals surface area contributed by atoms with Gasteiger partial charge in [-0.2, -0.15) is 0 Å². The predicted molar refractivity (Wildman–Crippen MR) is 169 cm³/mol. The Labute approximate surface area is 252 Å². The number of hydrogen-bond donors (Lipinski definition) is 2. The highest BCUT2D eigenvalue weighted by Gasteiger charge is 2.24. The second-order valence-corrected chi connectivity index (χ2v) is 11.5. The number of ether oxygens (including phenoxy) is 3. The Morgan fingerprint density at radius 3 is 2.29 bits per heavy atom. The van der Waals surface area contributed by atoms with Crippen LogP contribution in [0.4, 0.5) is 17.3 Å². The normalized spacial score (nSPS) is 18.1. The number of amides is 1. The number of anilines is 3. The van der Waals surface area contributed by atoms with Gasteiger partial charge in [-0.25, -0.2) is 9.97 Å². The molecule has 0 saturated carbocycles. The van der Waals surface area contributed by atoms with Crippen LogP contribution in [0, 0.1) is 0 Å². The average molecular weight is 585 g/mol. The summed E-state index contributed by atoms with van der Waals surface area (Å²) in [5, 5.41) is 6.95. The van der Waals surface area contributed by atoms with E-state index in [1.807, 2.05) is 34.6 Å². The highest BCUT2D eigenvalue weighted by Crippen LogP contribution is 2.38. The van der Waals surface area contributed by atoms with E-state index in [1.54, 1.807) is 18.3 Å². The maximum Gasteiger partial charge on any atom is 0.209 e. The second kappa shape index (κ2) is 17.2. The molecular formula is C32H52N6O4. The summed E-state index contributed by atoms with van der Waals surface area (Å²) >= 11 is 0. The van der Waals surface area contributed by atoms with Crippen molar-refractivity contribution in [1.29, 1.82) is 0 Å². The number of rotatable bonds is 3. The molecule has 0 aliphatic carbocycles. The van der Waals surface area contributed by atoms with Gasteiger partial charge in [-0.15, -0.1) is 0 Å². The van der Waals surface area contributed by atoms with Crippen LogP contribution in [0.3, 0.4) is 0 Å². The lowest BCUT2D eigenvalue weighted by molar-refractivity contribution is -0.117. The van der Waals surface area contributed by atoms with E-state index in [9.17, 15) is 4.79 Å². The first-order valence-electron chi connectivity index (χ1n) is 15.5. The number of methoxy groups -OCH3 is 1. The van der Waals surface area contributed by atoms with Gasteiger partial charge in [-0.3, -0.25) is 4.79 Å². The van der Waals surface area contributed by atoms with Crippen LogP contribution in [0.15, 0.2) is 24.5 Å². The number of benzene rings is 1. The molecule has 2 N–H and O–H groups in total. The van der Waals surface area contributed by atoms with E-state index in [0.717, 1.165) is 87.5 Å².